The van der Waals surface area contributed by atoms with Crippen molar-refractivity contribution < 1.29 is 29.0 Å². The number of carbonyl (C=O) groups is 3. The lowest BCUT2D eigenvalue weighted by atomic mass is 9.95. The number of carboxylic acid groups (broad SMARTS) is 1. The van der Waals surface area contributed by atoms with Crippen molar-refractivity contribution in [1.82, 2.24) is 4.90 Å². The second-order valence-electron chi connectivity index (χ2n) is 6.38. The van der Waals surface area contributed by atoms with Crippen LogP contribution in [0.15, 0.2) is 60.2 Å². The minimum Gasteiger partial charge on any atom is -0.507 e. The summed E-state index contributed by atoms with van der Waals surface area (Å²) in [4.78, 5) is 37.2. The van der Waals surface area contributed by atoms with E-state index >= 15 is 0 Å². The van der Waals surface area contributed by atoms with Crippen LogP contribution < -0.4 is 0 Å². The second-order valence-corrected chi connectivity index (χ2v) is 6.38. The average Bonchev–Trinajstić information content (AvgIpc) is 2.93. The molecule has 1 aliphatic heterocycles. The predicted molar refractivity (Wildman–Crippen MR) is 98.7 cm³/mol. The number of nitrogens with zero attached hydrogens (tertiary/aromatic N) is 1. The zero-order valence-corrected chi connectivity index (χ0v) is 14.8. The Morgan fingerprint density at radius 1 is 1.00 bits per heavy atom. The molecule has 1 amide bonds. The molecule has 2 aromatic carbocycles. The molecule has 2 aromatic rings. The first kappa shape index (κ1) is 19.3. The number of ketones is 1. The number of halogens is 1. The molecule has 28 heavy (non-hydrogen) atoms. The van der Waals surface area contributed by atoms with Crippen molar-refractivity contribution in [3.63, 3.8) is 0 Å². The summed E-state index contributed by atoms with van der Waals surface area (Å²) in [6.07, 6.45) is -0.107. The van der Waals surface area contributed by atoms with Gasteiger partial charge in [0, 0.05) is 24.1 Å². The molecule has 1 heterocycles. The average molecular weight is 383 g/mol. The molecule has 1 saturated heterocycles. The van der Waals surface area contributed by atoms with Crippen LogP contribution in [0.4, 0.5) is 4.39 Å². The highest BCUT2D eigenvalue weighted by Gasteiger charge is 2.46. The fourth-order valence-corrected chi connectivity index (χ4v) is 3.28. The first-order chi connectivity index (χ1) is 13.4. The van der Waals surface area contributed by atoms with E-state index in [1.54, 1.807) is 36.4 Å². The number of aliphatic carboxylic acids is 1. The number of hydrogen-bond donors (Lipinski definition) is 2. The summed E-state index contributed by atoms with van der Waals surface area (Å²) in [5, 5.41) is 19.6. The molecule has 0 unspecified atom stereocenters. The van der Waals surface area contributed by atoms with E-state index in [-0.39, 0.29) is 30.5 Å². The van der Waals surface area contributed by atoms with Crippen LogP contribution in [0.25, 0.3) is 5.76 Å². The summed E-state index contributed by atoms with van der Waals surface area (Å²) < 4.78 is 14.5. The lowest BCUT2D eigenvalue weighted by Crippen LogP contribution is -2.31. The summed E-state index contributed by atoms with van der Waals surface area (Å²) in [6.45, 7) is -0.0541. The minimum absolute atomic E-state index is 0.0541. The lowest BCUT2D eigenvalue weighted by molar-refractivity contribution is -0.140. The summed E-state index contributed by atoms with van der Waals surface area (Å²) in [5.74, 6) is -3.88. The highest BCUT2D eigenvalue weighted by Crippen LogP contribution is 2.40. The lowest BCUT2D eigenvalue weighted by Gasteiger charge is -2.25. The molecule has 1 fully saturated rings. The second kappa shape index (κ2) is 8.04. The largest absolute Gasteiger partial charge is 0.507 e. The summed E-state index contributed by atoms with van der Waals surface area (Å²) in [6, 6.07) is 12.8. The summed E-state index contributed by atoms with van der Waals surface area (Å²) in [5.41, 5.74) is 0.179. The van der Waals surface area contributed by atoms with Crippen molar-refractivity contribution in [3.8, 4) is 0 Å². The quantitative estimate of drug-likeness (QED) is 0.454. The number of carbonyl (C=O) groups excluding carboxylic acids is 2. The van der Waals surface area contributed by atoms with Gasteiger partial charge in [-0.25, -0.2) is 4.39 Å². The van der Waals surface area contributed by atoms with Crippen molar-refractivity contribution in [1.29, 1.82) is 0 Å². The number of rotatable bonds is 6. The maximum atomic E-state index is 14.5. The standard InChI is InChI=1S/C21H18FNO5/c22-15-10-5-4-9-14(15)18-17(19(26)13-7-2-1-3-8-13)20(27)21(28)23(18)12-6-11-16(24)25/h1-5,7-10,18,26H,6,11-12H2,(H,24,25)/t18-/m1/s1. The van der Waals surface area contributed by atoms with Crippen LogP contribution in [0.3, 0.4) is 0 Å². The third-order valence-electron chi connectivity index (χ3n) is 4.58. The van der Waals surface area contributed by atoms with E-state index in [2.05, 4.69) is 0 Å². The van der Waals surface area contributed by atoms with Crippen LogP contribution in [0.5, 0.6) is 0 Å². The molecule has 2 N–H and O–H groups in total. The Morgan fingerprint density at radius 3 is 2.29 bits per heavy atom. The molecule has 1 aliphatic rings. The van der Waals surface area contributed by atoms with Crippen LogP contribution in [-0.4, -0.2) is 39.3 Å². The molecular weight excluding hydrogens is 365 g/mol. The number of benzene rings is 2. The van der Waals surface area contributed by atoms with Gasteiger partial charge in [-0.15, -0.1) is 0 Å². The van der Waals surface area contributed by atoms with Gasteiger partial charge in [0.25, 0.3) is 11.7 Å². The number of hydrogen-bond acceptors (Lipinski definition) is 4. The van der Waals surface area contributed by atoms with E-state index in [4.69, 9.17) is 5.11 Å². The highest BCUT2D eigenvalue weighted by molar-refractivity contribution is 6.46. The minimum atomic E-state index is -1.13. The smallest absolute Gasteiger partial charge is 0.303 e. The molecule has 0 aromatic heterocycles. The number of likely N-dealkylation sites (tertiary alicyclic amines) is 1. The normalized spacial score (nSPS) is 18.5. The maximum absolute atomic E-state index is 14.5. The molecule has 0 radical (unpaired) electrons. The van der Waals surface area contributed by atoms with E-state index in [1.165, 1.54) is 18.2 Å². The van der Waals surface area contributed by atoms with E-state index in [0.717, 1.165) is 4.90 Å². The highest BCUT2D eigenvalue weighted by atomic mass is 19.1. The number of carboxylic acids is 1. The Balaban J connectivity index is 2.11. The molecule has 144 valence electrons. The first-order valence-electron chi connectivity index (χ1n) is 8.72. The van der Waals surface area contributed by atoms with Gasteiger partial charge >= 0.3 is 5.97 Å². The molecule has 6 nitrogen and oxygen atoms in total. The third-order valence-corrected chi connectivity index (χ3v) is 4.58. The monoisotopic (exact) mass is 383 g/mol. The van der Waals surface area contributed by atoms with Gasteiger partial charge in [-0.1, -0.05) is 48.5 Å². The van der Waals surface area contributed by atoms with Gasteiger partial charge in [0.05, 0.1) is 11.6 Å². The molecule has 0 spiro atoms. The summed E-state index contributed by atoms with van der Waals surface area (Å²) in [7, 11) is 0. The van der Waals surface area contributed by atoms with Crippen LogP contribution in [0, 0.1) is 5.82 Å². The molecular formula is C21H18FNO5. The predicted octanol–water partition coefficient (Wildman–Crippen LogP) is 3.11. The Bertz CT molecular complexity index is 954. The van der Waals surface area contributed by atoms with Gasteiger partial charge in [0.1, 0.15) is 11.6 Å². The number of amides is 1. The Kier molecular flexibility index (Phi) is 5.54. The Labute approximate surface area is 160 Å². The number of aliphatic hydroxyl groups excluding tert-OH is 1. The van der Waals surface area contributed by atoms with Gasteiger partial charge in [-0.2, -0.15) is 0 Å². The van der Waals surface area contributed by atoms with Gasteiger partial charge in [-0.3, -0.25) is 14.4 Å². The van der Waals surface area contributed by atoms with Crippen molar-refractivity contribution in [3.05, 3.63) is 77.1 Å². The van der Waals surface area contributed by atoms with Gasteiger partial charge in [0.2, 0.25) is 0 Å². The molecule has 0 saturated carbocycles. The van der Waals surface area contributed by atoms with Crippen LogP contribution in [0.2, 0.25) is 0 Å². The van der Waals surface area contributed by atoms with Gasteiger partial charge in [0.15, 0.2) is 0 Å². The molecule has 1 atom stereocenters. The van der Waals surface area contributed by atoms with Crippen molar-refractivity contribution >= 4 is 23.4 Å². The van der Waals surface area contributed by atoms with E-state index in [9.17, 15) is 23.9 Å². The topological polar surface area (TPSA) is 94.9 Å². The van der Waals surface area contributed by atoms with Crippen LogP contribution in [-0.2, 0) is 14.4 Å². The number of Topliss-reactive ketones (excluding diaryl/α,β-unsaturated/α-hetero) is 1. The number of aliphatic hydroxyl groups is 1. The SMILES string of the molecule is O=C(O)CCCN1C(=O)C(=O)C(=C(O)c2ccccc2)[C@H]1c1ccccc1F. The van der Waals surface area contributed by atoms with E-state index in [0.29, 0.717) is 5.56 Å². The zero-order chi connectivity index (χ0) is 20.3. The first-order valence-corrected chi connectivity index (χ1v) is 8.72. The van der Waals surface area contributed by atoms with E-state index < -0.39 is 35.3 Å². The zero-order valence-electron chi connectivity index (χ0n) is 14.8. The van der Waals surface area contributed by atoms with Crippen molar-refractivity contribution in [2.24, 2.45) is 0 Å². The van der Waals surface area contributed by atoms with Crippen molar-refractivity contribution in [2.45, 2.75) is 18.9 Å². The molecule has 0 bridgehead atoms. The van der Waals surface area contributed by atoms with Crippen LogP contribution >= 0.6 is 0 Å². The molecule has 0 aliphatic carbocycles. The van der Waals surface area contributed by atoms with Crippen LogP contribution in [0.1, 0.15) is 30.0 Å². The third kappa shape index (κ3) is 3.64. The van der Waals surface area contributed by atoms with Crippen molar-refractivity contribution in [2.75, 3.05) is 6.54 Å². The molecule has 7 heteroatoms. The fraction of sp³-hybridized carbons (Fsp3) is 0.190. The summed E-state index contributed by atoms with van der Waals surface area (Å²) >= 11 is 0. The van der Waals surface area contributed by atoms with Gasteiger partial charge in [-0.05, 0) is 12.5 Å². The molecule has 3 rings (SSSR count). The van der Waals surface area contributed by atoms with Gasteiger partial charge < -0.3 is 15.1 Å². The van der Waals surface area contributed by atoms with E-state index in [1.807, 2.05) is 0 Å². The fourth-order valence-electron chi connectivity index (χ4n) is 3.28. The Morgan fingerprint density at radius 2 is 1.64 bits per heavy atom. The maximum Gasteiger partial charge on any atom is 0.303 e. The Hall–Kier alpha value is -3.48.